The van der Waals surface area contributed by atoms with Crippen molar-refractivity contribution in [3.8, 4) is 6.01 Å². The van der Waals surface area contributed by atoms with Gasteiger partial charge in [0.1, 0.15) is 0 Å². The SMILES string of the molecule is CCCCCOc1nc(NN)nc(N(CC)CC)n1. The van der Waals surface area contributed by atoms with Crippen molar-refractivity contribution in [3.63, 3.8) is 0 Å². The fourth-order valence-electron chi connectivity index (χ4n) is 1.64. The molecule has 1 aromatic rings. The number of nitrogens with two attached hydrogens (primary N) is 1. The van der Waals surface area contributed by atoms with Gasteiger partial charge >= 0.3 is 6.01 Å². The molecule has 1 heterocycles. The fraction of sp³-hybridized carbons (Fsp3) is 0.750. The fourth-order valence-corrected chi connectivity index (χ4v) is 1.64. The predicted octanol–water partition coefficient (Wildman–Crippen LogP) is 1.57. The molecule has 0 fully saturated rings. The van der Waals surface area contributed by atoms with Crippen LogP contribution in [-0.4, -0.2) is 34.6 Å². The standard InChI is InChI=1S/C12H24N6O/c1-4-7-8-9-19-12-15-10(17-13)14-11(16-12)18(5-2)6-3/h4-9,13H2,1-3H3,(H,14,15,16,17). The molecule has 0 unspecified atom stereocenters. The molecule has 1 rings (SSSR count). The molecule has 7 heteroatoms. The van der Waals surface area contributed by atoms with E-state index in [1.54, 1.807) is 0 Å². The summed E-state index contributed by atoms with van der Waals surface area (Å²) in [6.07, 6.45) is 3.28. The van der Waals surface area contributed by atoms with Gasteiger partial charge in [-0.1, -0.05) is 19.8 Å². The van der Waals surface area contributed by atoms with E-state index in [9.17, 15) is 0 Å². The average molecular weight is 268 g/mol. The number of anilines is 2. The molecule has 0 aliphatic carbocycles. The van der Waals surface area contributed by atoms with Gasteiger partial charge in [0.15, 0.2) is 0 Å². The largest absolute Gasteiger partial charge is 0.463 e. The first-order valence-corrected chi connectivity index (χ1v) is 6.85. The molecule has 0 spiro atoms. The van der Waals surface area contributed by atoms with Gasteiger partial charge in [-0.05, 0) is 20.3 Å². The zero-order valence-electron chi connectivity index (χ0n) is 12.0. The van der Waals surface area contributed by atoms with E-state index in [-0.39, 0.29) is 0 Å². The second-order valence-electron chi connectivity index (χ2n) is 4.11. The van der Waals surface area contributed by atoms with Crippen molar-refractivity contribution < 1.29 is 4.74 Å². The lowest BCUT2D eigenvalue weighted by Crippen LogP contribution is -2.25. The number of ether oxygens (including phenoxy) is 1. The maximum absolute atomic E-state index is 5.55. The van der Waals surface area contributed by atoms with Crippen LogP contribution in [0.5, 0.6) is 6.01 Å². The Morgan fingerprint density at radius 2 is 1.84 bits per heavy atom. The molecule has 1 aromatic heterocycles. The van der Waals surface area contributed by atoms with Crippen LogP contribution in [0.4, 0.5) is 11.9 Å². The molecular formula is C12H24N6O. The zero-order chi connectivity index (χ0) is 14.1. The van der Waals surface area contributed by atoms with E-state index in [0.717, 1.165) is 32.4 Å². The summed E-state index contributed by atoms with van der Waals surface area (Å²) >= 11 is 0. The number of rotatable bonds is 9. The Morgan fingerprint density at radius 3 is 2.42 bits per heavy atom. The molecule has 0 aliphatic heterocycles. The lowest BCUT2D eigenvalue weighted by molar-refractivity contribution is 0.282. The highest BCUT2D eigenvalue weighted by Gasteiger charge is 2.11. The van der Waals surface area contributed by atoms with Crippen molar-refractivity contribution in [2.24, 2.45) is 5.84 Å². The van der Waals surface area contributed by atoms with Crippen molar-refractivity contribution in [3.05, 3.63) is 0 Å². The van der Waals surface area contributed by atoms with Crippen LogP contribution in [0.3, 0.4) is 0 Å². The van der Waals surface area contributed by atoms with Gasteiger partial charge in [0.2, 0.25) is 11.9 Å². The predicted molar refractivity (Wildman–Crippen MR) is 76.2 cm³/mol. The van der Waals surface area contributed by atoms with Gasteiger partial charge in [-0.3, -0.25) is 5.43 Å². The minimum absolute atomic E-state index is 0.320. The first-order chi connectivity index (χ1) is 9.24. The zero-order valence-corrected chi connectivity index (χ0v) is 12.0. The minimum atomic E-state index is 0.320. The number of nitrogens with one attached hydrogen (secondary N) is 1. The molecule has 0 aromatic carbocycles. The summed E-state index contributed by atoms with van der Waals surface area (Å²) in [7, 11) is 0. The Morgan fingerprint density at radius 1 is 1.11 bits per heavy atom. The van der Waals surface area contributed by atoms with Gasteiger partial charge in [-0.2, -0.15) is 15.0 Å². The van der Waals surface area contributed by atoms with Gasteiger partial charge in [0.05, 0.1) is 6.61 Å². The van der Waals surface area contributed by atoms with Gasteiger partial charge in [-0.15, -0.1) is 0 Å². The molecule has 0 amide bonds. The van der Waals surface area contributed by atoms with Gasteiger partial charge < -0.3 is 9.64 Å². The molecule has 0 bridgehead atoms. The van der Waals surface area contributed by atoms with Gasteiger partial charge in [0.25, 0.3) is 0 Å². The minimum Gasteiger partial charge on any atom is -0.463 e. The number of hydrogen-bond donors (Lipinski definition) is 2. The molecule has 0 radical (unpaired) electrons. The lowest BCUT2D eigenvalue weighted by Gasteiger charge is -2.19. The second-order valence-corrected chi connectivity index (χ2v) is 4.11. The summed E-state index contributed by atoms with van der Waals surface area (Å²) in [6, 6.07) is 0.320. The molecular weight excluding hydrogens is 244 g/mol. The van der Waals surface area contributed by atoms with Crippen molar-refractivity contribution in [1.29, 1.82) is 0 Å². The van der Waals surface area contributed by atoms with Crippen LogP contribution in [0.1, 0.15) is 40.0 Å². The Balaban J connectivity index is 2.77. The normalized spacial score (nSPS) is 10.3. The first kappa shape index (κ1) is 15.4. The van der Waals surface area contributed by atoms with E-state index in [0.29, 0.717) is 24.5 Å². The van der Waals surface area contributed by atoms with Crippen LogP contribution in [0, 0.1) is 0 Å². The summed E-state index contributed by atoms with van der Waals surface area (Å²) in [6.45, 7) is 8.49. The van der Waals surface area contributed by atoms with Crippen LogP contribution in [0.25, 0.3) is 0 Å². The number of nitrogens with zero attached hydrogens (tertiary/aromatic N) is 4. The molecule has 0 saturated heterocycles. The quantitative estimate of drug-likeness (QED) is 0.399. The summed E-state index contributed by atoms with van der Waals surface area (Å²) in [5.41, 5.74) is 2.44. The van der Waals surface area contributed by atoms with Crippen molar-refractivity contribution in [1.82, 2.24) is 15.0 Å². The van der Waals surface area contributed by atoms with Crippen molar-refractivity contribution in [2.45, 2.75) is 40.0 Å². The summed E-state index contributed by atoms with van der Waals surface area (Å²) in [5.74, 6) is 6.27. The number of hydrazine groups is 1. The van der Waals surface area contributed by atoms with Crippen LogP contribution in [0.2, 0.25) is 0 Å². The summed E-state index contributed by atoms with van der Waals surface area (Å²) < 4.78 is 5.55. The molecule has 0 atom stereocenters. The summed E-state index contributed by atoms with van der Waals surface area (Å²) in [5, 5.41) is 0. The van der Waals surface area contributed by atoms with E-state index in [2.05, 4.69) is 27.3 Å². The third-order valence-electron chi connectivity index (χ3n) is 2.76. The molecule has 3 N–H and O–H groups in total. The third kappa shape index (κ3) is 4.86. The highest BCUT2D eigenvalue weighted by Crippen LogP contribution is 2.14. The van der Waals surface area contributed by atoms with E-state index in [1.165, 1.54) is 0 Å². The lowest BCUT2D eigenvalue weighted by atomic mass is 10.3. The first-order valence-electron chi connectivity index (χ1n) is 6.85. The van der Waals surface area contributed by atoms with Crippen LogP contribution in [0.15, 0.2) is 0 Å². The number of unbranched alkanes of at least 4 members (excludes halogenated alkanes) is 2. The molecule has 0 aliphatic rings. The number of nitrogen functional groups attached to an aromatic ring is 1. The van der Waals surface area contributed by atoms with E-state index < -0.39 is 0 Å². The van der Waals surface area contributed by atoms with Crippen LogP contribution < -0.4 is 20.9 Å². The number of aromatic nitrogens is 3. The molecule has 19 heavy (non-hydrogen) atoms. The Bertz CT molecular complexity index is 369. The van der Waals surface area contributed by atoms with E-state index >= 15 is 0 Å². The highest BCUT2D eigenvalue weighted by molar-refractivity contribution is 5.37. The molecule has 108 valence electrons. The maximum atomic E-state index is 5.55. The Kier molecular flexibility index (Phi) is 6.88. The number of hydrogen-bond acceptors (Lipinski definition) is 7. The smallest absolute Gasteiger partial charge is 0.323 e. The maximum Gasteiger partial charge on any atom is 0.323 e. The topological polar surface area (TPSA) is 89.2 Å². The van der Waals surface area contributed by atoms with Crippen LogP contribution in [-0.2, 0) is 0 Å². The molecule has 7 nitrogen and oxygen atoms in total. The molecule has 0 saturated carbocycles. The van der Waals surface area contributed by atoms with Crippen molar-refractivity contribution >= 4 is 11.9 Å². The highest BCUT2D eigenvalue weighted by atomic mass is 16.5. The van der Waals surface area contributed by atoms with Crippen molar-refractivity contribution in [2.75, 3.05) is 30.0 Å². The van der Waals surface area contributed by atoms with Gasteiger partial charge in [-0.25, -0.2) is 5.84 Å². The third-order valence-corrected chi connectivity index (χ3v) is 2.76. The monoisotopic (exact) mass is 268 g/mol. The van der Waals surface area contributed by atoms with Crippen LogP contribution >= 0.6 is 0 Å². The average Bonchev–Trinajstić information content (AvgIpc) is 2.45. The Labute approximate surface area is 114 Å². The van der Waals surface area contributed by atoms with E-state index in [4.69, 9.17) is 10.6 Å². The second kappa shape index (κ2) is 8.47. The van der Waals surface area contributed by atoms with Gasteiger partial charge in [0, 0.05) is 13.1 Å². The Hall–Kier alpha value is -1.63. The summed E-state index contributed by atoms with van der Waals surface area (Å²) in [4.78, 5) is 14.6. The van der Waals surface area contributed by atoms with E-state index in [1.807, 2.05) is 18.7 Å².